The topological polar surface area (TPSA) is 54.3 Å². The van der Waals surface area contributed by atoms with Crippen molar-refractivity contribution in [2.45, 2.75) is 32.7 Å². The van der Waals surface area contributed by atoms with Crippen LogP contribution in [0.25, 0.3) is 0 Å². The number of carbonyl (C=O) groups is 1. The van der Waals surface area contributed by atoms with Crippen LogP contribution in [0, 0.1) is 0 Å². The maximum absolute atomic E-state index is 12.7. The standard InChI is InChI=1S/C19H23N3O2/c1-2-21-14-15(10-11-18(21)23)20-19(24)16-8-4-5-9-17(16)22-12-6-3-7-13-22/h4-5,8-11,14H,2-3,6-7,12-13H2,1H3,(H,20,24). The number of piperidine rings is 1. The van der Waals surface area contributed by atoms with E-state index in [1.807, 2.05) is 31.2 Å². The molecule has 0 saturated carbocycles. The van der Waals surface area contributed by atoms with E-state index in [0.717, 1.165) is 31.6 Å². The summed E-state index contributed by atoms with van der Waals surface area (Å²) in [6.07, 6.45) is 5.27. The molecule has 24 heavy (non-hydrogen) atoms. The zero-order chi connectivity index (χ0) is 16.9. The van der Waals surface area contributed by atoms with E-state index < -0.39 is 0 Å². The van der Waals surface area contributed by atoms with Crippen LogP contribution in [-0.4, -0.2) is 23.6 Å². The van der Waals surface area contributed by atoms with Gasteiger partial charge in [0.1, 0.15) is 0 Å². The Balaban J connectivity index is 1.84. The van der Waals surface area contributed by atoms with Gasteiger partial charge in [0.25, 0.3) is 11.5 Å². The van der Waals surface area contributed by atoms with Crippen molar-refractivity contribution < 1.29 is 4.79 Å². The van der Waals surface area contributed by atoms with Gasteiger partial charge in [-0.25, -0.2) is 0 Å². The van der Waals surface area contributed by atoms with Crippen LogP contribution in [0.15, 0.2) is 47.4 Å². The average molecular weight is 325 g/mol. The third-order valence-electron chi connectivity index (χ3n) is 4.43. The first-order valence-corrected chi connectivity index (χ1v) is 8.55. The number of aryl methyl sites for hydroxylation is 1. The highest BCUT2D eigenvalue weighted by atomic mass is 16.1. The smallest absolute Gasteiger partial charge is 0.257 e. The van der Waals surface area contributed by atoms with Crippen molar-refractivity contribution in [1.29, 1.82) is 0 Å². The second-order valence-corrected chi connectivity index (χ2v) is 6.06. The lowest BCUT2D eigenvalue weighted by Crippen LogP contribution is -2.31. The number of aromatic nitrogens is 1. The second-order valence-electron chi connectivity index (χ2n) is 6.06. The fourth-order valence-electron chi connectivity index (χ4n) is 3.13. The third kappa shape index (κ3) is 3.50. The number of nitrogens with zero attached hydrogens (tertiary/aromatic N) is 2. The summed E-state index contributed by atoms with van der Waals surface area (Å²) in [5, 5.41) is 2.91. The maximum Gasteiger partial charge on any atom is 0.257 e. The number of carbonyl (C=O) groups excluding carboxylic acids is 1. The fraction of sp³-hybridized carbons (Fsp3) is 0.368. The van der Waals surface area contributed by atoms with E-state index in [4.69, 9.17) is 0 Å². The van der Waals surface area contributed by atoms with Crippen LogP contribution in [0.4, 0.5) is 11.4 Å². The summed E-state index contributed by atoms with van der Waals surface area (Å²) in [4.78, 5) is 26.7. The summed E-state index contributed by atoms with van der Waals surface area (Å²) in [5.74, 6) is -0.141. The summed E-state index contributed by atoms with van der Waals surface area (Å²) >= 11 is 0. The van der Waals surface area contributed by atoms with Crippen molar-refractivity contribution in [3.8, 4) is 0 Å². The van der Waals surface area contributed by atoms with E-state index in [1.165, 1.54) is 12.5 Å². The molecule has 0 bridgehead atoms. The van der Waals surface area contributed by atoms with Crippen LogP contribution in [0.2, 0.25) is 0 Å². The lowest BCUT2D eigenvalue weighted by atomic mass is 10.1. The number of pyridine rings is 1. The molecule has 2 heterocycles. The molecule has 0 unspecified atom stereocenters. The van der Waals surface area contributed by atoms with Crippen LogP contribution < -0.4 is 15.8 Å². The van der Waals surface area contributed by atoms with Crippen molar-refractivity contribution >= 4 is 17.3 Å². The van der Waals surface area contributed by atoms with E-state index >= 15 is 0 Å². The number of rotatable bonds is 4. The monoisotopic (exact) mass is 325 g/mol. The van der Waals surface area contributed by atoms with Crippen molar-refractivity contribution in [3.63, 3.8) is 0 Å². The van der Waals surface area contributed by atoms with Gasteiger partial charge < -0.3 is 14.8 Å². The Morgan fingerprint density at radius 1 is 1.08 bits per heavy atom. The molecule has 0 atom stereocenters. The number of benzene rings is 1. The number of amides is 1. The normalized spacial score (nSPS) is 14.5. The van der Waals surface area contributed by atoms with Crippen LogP contribution in [-0.2, 0) is 6.54 Å². The minimum Gasteiger partial charge on any atom is -0.371 e. The Kier molecular flexibility index (Phi) is 4.99. The molecule has 5 nitrogen and oxygen atoms in total. The molecule has 1 saturated heterocycles. The SMILES string of the molecule is CCn1cc(NC(=O)c2ccccc2N2CCCCC2)ccc1=O. The maximum atomic E-state index is 12.7. The van der Waals surface area contributed by atoms with Gasteiger partial charge in [0, 0.05) is 37.6 Å². The van der Waals surface area contributed by atoms with Gasteiger partial charge >= 0.3 is 0 Å². The van der Waals surface area contributed by atoms with Crippen LogP contribution in [0.3, 0.4) is 0 Å². The highest BCUT2D eigenvalue weighted by Gasteiger charge is 2.18. The van der Waals surface area contributed by atoms with Crippen LogP contribution >= 0.6 is 0 Å². The quantitative estimate of drug-likeness (QED) is 0.940. The van der Waals surface area contributed by atoms with Gasteiger partial charge in [0.2, 0.25) is 0 Å². The Morgan fingerprint density at radius 2 is 1.83 bits per heavy atom. The van der Waals surface area contributed by atoms with E-state index in [2.05, 4.69) is 10.2 Å². The van der Waals surface area contributed by atoms with Gasteiger partial charge in [-0.1, -0.05) is 12.1 Å². The molecular formula is C19H23N3O2. The van der Waals surface area contributed by atoms with Crippen LogP contribution in [0.1, 0.15) is 36.5 Å². The molecule has 2 aromatic rings. The van der Waals surface area contributed by atoms with Gasteiger partial charge in [-0.2, -0.15) is 0 Å². The number of hydrogen-bond donors (Lipinski definition) is 1. The fourth-order valence-corrected chi connectivity index (χ4v) is 3.13. The molecule has 1 amide bonds. The Labute approximate surface area is 141 Å². The van der Waals surface area contributed by atoms with Gasteiger partial charge in [-0.15, -0.1) is 0 Å². The summed E-state index contributed by atoms with van der Waals surface area (Å²) in [7, 11) is 0. The molecule has 0 aliphatic carbocycles. The summed E-state index contributed by atoms with van der Waals surface area (Å²) in [6.45, 7) is 4.46. The molecular weight excluding hydrogens is 302 g/mol. The summed E-state index contributed by atoms with van der Waals surface area (Å²) in [6, 6.07) is 10.8. The Morgan fingerprint density at radius 3 is 2.58 bits per heavy atom. The number of para-hydroxylation sites is 1. The first-order valence-electron chi connectivity index (χ1n) is 8.55. The molecule has 1 aromatic carbocycles. The first kappa shape index (κ1) is 16.3. The van der Waals surface area contributed by atoms with Crippen LogP contribution in [0.5, 0.6) is 0 Å². The third-order valence-corrected chi connectivity index (χ3v) is 4.43. The van der Waals surface area contributed by atoms with E-state index in [1.54, 1.807) is 16.8 Å². The van der Waals surface area contributed by atoms with Gasteiger partial charge in [-0.3, -0.25) is 9.59 Å². The molecule has 5 heteroatoms. The predicted molar refractivity (Wildman–Crippen MR) is 96.8 cm³/mol. The Bertz CT molecular complexity index is 776. The minimum atomic E-state index is -0.141. The molecule has 1 N–H and O–H groups in total. The molecule has 1 aromatic heterocycles. The number of anilines is 2. The largest absolute Gasteiger partial charge is 0.371 e. The highest BCUT2D eigenvalue weighted by molar-refractivity contribution is 6.08. The van der Waals surface area contributed by atoms with Crippen molar-refractivity contribution in [1.82, 2.24) is 4.57 Å². The Hall–Kier alpha value is -2.56. The molecule has 1 aliphatic heterocycles. The number of hydrogen-bond acceptors (Lipinski definition) is 3. The number of nitrogens with one attached hydrogen (secondary N) is 1. The molecule has 0 radical (unpaired) electrons. The molecule has 1 aliphatic rings. The van der Waals surface area contributed by atoms with Gasteiger partial charge in [-0.05, 0) is 44.4 Å². The van der Waals surface area contributed by atoms with E-state index in [0.29, 0.717) is 17.8 Å². The predicted octanol–water partition coefficient (Wildman–Crippen LogP) is 3.11. The van der Waals surface area contributed by atoms with E-state index in [9.17, 15) is 9.59 Å². The minimum absolute atomic E-state index is 0.0655. The molecule has 3 rings (SSSR count). The average Bonchev–Trinajstić information content (AvgIpc) is 2.64. The lowest BCUT2D eigenvalue weighted by Gasteiger charge is -2.30. The van der Waals surface area contributed by atoms with Gasteiger partial charge in [0.15, 0.2) is 0 Å². The first-order chi connectivity index (χ1) is 11.7. The lowest BCUT2D eigenvalue weighted by molar-refractivity contribution is 0.102. The van der Waals surface area contributed by atoms with Crippen molar-refractivity contribution in [2.24, 2.45) is 0 Å². The zero-order valence-corrected chi connectivity index (χ0v) is 14.0. The highest BCUT2D eigenvalue weighted by Crippen LogP contribution is 2.24. The van der Waals surface area contributed by atoms with Crippen molar-refractivity contribution in [2.75, 3.05) is 23.3 Å². The second kappa shape index (κ2) is 7.34. The zero-order valence-electron chi connectivity index (χ0n) is 14.0. The molecule has 0 spiro atoms. The van der Waals surface area contributed by atoms with Crippen molar-refractivity contribution in [3.05, 3.63) is 58.5 Å². The summed E-state index contributed by atoms with van der Waals surface area (Å²) < 4.78 is 1.58. The molecule has 126 valence electrons. The van der Waals surface area contributed by atoms with Gasteiger partial charge in [0.05, 0.1) is 11.3 Å². The van der Waals surface area contributed by atoms with E-state index in [-0.39, 0.29) is 11.5 Å². The summed E-state index contributed by atoms with van der Waals surface area (Å²) in [5.41, 5.74) is 2.23. The molecule has 1 fully saturated rings.